The highest BCUT2D eigenvalue weighted by molar-refractivity contribution is 5.96. The molecule has 1 atom stereocenters. The van der Waals surface area contributed by atoms with E-state index in [2.05, 4.69) is 25.0 Å². The van der Waals surface area contributed by atoms with E-state index in [-0.39, 0.29) is 6.54 Å². The van der Waals surface area contributed by atoms with Crippen LogP contribution in [-0.2, 0) is 23.1 Å². The molecule has 1 aromatic carbocycles. The molecule has 0 aliphatic heterocycles. The maximum atomic E-state index is 12.7. The summed E-state index contributed by atoms with van der Waals surface area (Å²) < 4.78 is 55.5. The van der Waals surface area contributed by atoms with Crippen LogP contribution < -0.4 is 14.8 Å². The maximum absolute atomic E-state index is 12.7. The fourth-order valence-electron chi connectivity index (χ4n) is 4.56. The maximum Gasteiger partial charge on any atom is 0.490 e. The third kappa shape index (κ3) is 5.30. The van der Waals surface area contributed by atoms with Crippen LogP contribution in [0.5, 0.6) is 11.6 Å². The number of carbonyl (C=O) groups excluding carboxylic acids is 1. The van der Waals surface area contributed by atoms with Crippen LogP contribution in [0.3, 0.4) is 0 Å². The molecule has 5 rings (SSSR count). The van der Waals surface area contributed by atoms with Gasteiger partial charge < -0.3 is 29.1 Å². The first-order chi connectivity index (χ1) is 19.2. The van der Waals surface area contributed by atoms with Gasteiger partial charge >= 0.3 is 12.1 Å². The average molecular weight is 554 g/mol. The Labute approximate surface area is 226 Å². The fourth-order valence-corrected chi connectivity index (χ4v) is 4.56. The molecule has 12 heteroatoms. The Morgan fingerprint density at radius 2 is 1.90 bits per heavy atom. The quantitative estimate of drug-likeness (QED) is 0.246. The highest BCUT2D eigenvalue weighted by atomic mass is 19.4. The van der Waals surface area contributed by atoms with Crippen LogP contribution in [0.1, 0.15) is 17.2 Å². The van der Waals surface area contributed by atoms with E-state index in [4.69, 9.17) is 9.47 Å². The first kappa shape index (κ1) is 27.0. The van der Waals surface area contributed by atoms with Crippen molar-refractivity contribution in [3.63, 3.8) is 0 Å². The molecule has 0 saturated heterocycles. The number of nitrogens with zero attached hydrogens (tertiary/aromatic N) is 3. The molecule has 9 nitrogen and oxygen atoms in total. The minimum absolute atomic E-state index is 0.276. The molecule has 0 fully saturated rings. The first-order valence-electron chi connectivity index (χ1n) is 12.3. The molecule has 40 heavy (non-hydrogen) atoms. The van der Waals surface area contributed by atoms with Crippen LogP contribution in [0, 0.1) is 0 Å². The number of esters is 1. The van der Waals surface area contributed by atoms with Gasteiger partial charge in [0.15, 0.2) is 5.75 Å². The summed E-state index contributed by atoms with van der Waals surface area (Å²) in [5, 5.41) is 4.05. The zero-order valence-corrected chi connectivity index (χ0v) is 21.9. The molecular weight excluding hydrogens is 527 g/mol. The minimum atomic E-state index is -5.06. The summed E-state index contributed by atoms with van der Waals surface area (Å²) in [7, 11) is 4.99. The van der Waals surface area contributed by atoms with E-state index in [9.17, 15) is 18.0 Å². The average Bonchev–Trinajstić information content (AvgIpc) is 3.53. The zero-order valence-electron chi connectivity index (χ0n) is 21.9. The molecule has 0 aliphatic rings. The zero-order chi connectivity index (χ0) is 28.4. The number of rotatable bonds is 9. The Bertz CT molecular complexity index is 1660. The summed E-state index contributed by atoms with van der Waals surface area (Å²) in [5.41, 5.74) is 5.33. The van der Waals surface area contributed by atoms with Crippen molar-refractivity contribution in [2.45, 2.75) is 18.8 Å². The molecule has 1 unspecified atom stereocenters. The molecule has 0 radical (unpaired) electrons. The fraction of sp³-hybridized carbons (Fsp3) is 0.250. The number of pyridine rings is 2. The second-order valence-electron chi connectivity index (χ2n) is 9.08. The molecule has 4 heterocycles. The number of halogens is 3. The van der Waals surface area contributed by atoms with Crippen molar-refractivity contribution in [2.75, 3.05) is 20.8 Å². The third-order valence-electron chi connectivity index (χ3n) is 6.57. The lowest BCUT2D eigenvalue weighted by Gasteiger charge is -2.20. The molecule has 0 bridgehead atoms. The standard InChI is InChI=1S/C28H26F3N5O4/c1-36-14-19(24-22(36)12-23(38-2)26(35-24)39-3)20-11-18-17(9-10-32-25(18)34-20)13-33-21(16-7-5-4-6-8-16)15-40-27(37)28(29,30)31/h4-12,14,21,33H,13,15H2,1-3H3,(H,32,34). The van der Waals surface area contributed by atoms with E-state index in [0.29, 0.717) is 28.4 Å². The van der Waals surface area contributed by atoms with Crippen LogP contribution in [0.2, 0.25) is 0 Å². The largest absolute Gasteiger partial charge is 0.491 e. The third-order valence-corrected chi connectivity index (χ3v) is 6.57. The number of alkyl halides is 3. The van der Waals surface area contributed by atoms with Gasteiger partial charge in [0.05, 0.1) is 31.5 Å². The Kier molecular flexibility index (Phi) is 7.35. The van der Waals surface area contributed by atoms with Gasteiger partial charge in [0.2, 0.25) is 0 Å². The first-order valence-corrected chi connectivity index (χ1v) is 12.3. The highest BCUT2D eigenvalue weighted by Crippen LogP contribution is 2.36. The number of fused-ring (bicyclic) bond motifs is 2. The number of hydrogen-bond donors (Lipinski definition) is 2. The molecule has 2 N–H and O–H groups in total. The normalized spacial score (nSPS) is 12.6. The molecule has 0 saturated carbocycles. The van der Waals surface area contributed by atoms with Crippen molar-refractivity contribution >= 4 is 28.0 Å². The lowest BCUT2D eigenvalue weighted by molar-refractivity contribution is -0.200. The Morgan fingerprint density at radius 1 is 1.12 bits per heavy atom. The number of H-pyrrole nitrogens is 1. The summed E-state index contributed by atoms with van der Waals surface area (Å²) in [6.45, 7) is -0.208. The van der Waals surface area contributed by atoms with Crippen molar-refractivity contribution in [3.05, 3.63) is 72.1 Å². The van der Waals surface area contributed by atoms with Crippen molar-refractivity contribution in [2.24, 2.45) is 7.05 Å². The van der Waals surface area contributed by atoms with Crippen LogP contribution in [0.25, 0.3) is 33.3 Å². The van der Waals surface area contributed by atoms with Gasteiger partial charge in [0.25, 0.3) is 5.88 Å². The number of methoxy groups -OCH3 is 2. The number of hydrogen-bond acceptors (Lipinski definition) is 7. The number of aryl methyl sites for hydroxylation is 1. The van der Waals surface area contributed by atoms with Gasteiger partial charge in [-0.1, -0.05) is 30.3 Å². The summed E-state index contributed by atoms with van der Waals surface area (Å²) in [6, 6.07) is 13.8. The van der Waals surface area contributed by atoms with Gasteiger partial charge in [0, 0.05) is 43.0 Å². The van der Waals surface area contributed by atoms with E-state index in [0.717, 1.165) is 27.7 Å². The summed E-state index contributed by atoms with van der Waals surface area (Å²) >= 11 is 0. The second-order valence-corrected chi connectivity index (χ2v) is 9.08. The van der Waals surface area contributed by atoms with Gasteiger partial charge in [-0.25, -0.2) is 14.8 Å². The molecule has 0 spiro atoms. The number of carbonyl (C=O) groups is 1. The molecule has 0 aliphatic carbocycles. The van der Waals surface area contributed by atoms with Crippen molar-refractivity contribution in [1.29, 1.82) is 0 Å². The smallest absolute Gasteiger partial charge is 0.490 e. The summed E-state index contributed by atoms with van der Waals surface area (Å²) in [5.74, 6) is -1.35. The van der Waals surface area contributed by atoms with E-state index in [1.807, 2.05) is 36.0 Å². The Morgan fingerprint density at radius 3 is 2.60 bits per heavy atom. The molecule has 4 aromatic heterocycles. The predicted octanol–water partition coefficient (Wildman–Crippen LogP) is 5.07. The summed E-state index contributed by atoms with van der Waals surface area (Å²) in [6.07, 6.45) is -1.47. The van der Waals surface area contributed by atoms with Gasteiger partial charge in [-0.15, -0.1) is 0 Å². The second kappa shape index (κ2) is 10.9. The molecule has 208 valence electrons. The lowest BCUT2D eigenvalue weighted by atomic mass is 10.1. The number of benzene rings is 1. The van der Waals surface area contributed by atoms with E-state index in [1.165, 1.54) is 7.11 Å². The number of aromatic nitrogens is 4. The van der Waals surface area contributed by atoms with Gasteiger partial charge in [-0.05, 0) is 23.3 Å². The summed E-state index contributed by atoms with van der Waals surface area (Å²) in [4.78, 5) is 23.8. The molecule has 5 aromatic rings. The Hall–Kier alpha value is -4.58. The van der Waals surface area contributed by atoms with Gasteiger partial charge in [-0.3, -0.25) is 0 Å². The van der Waals surface area contributed by atoms with E-state index < -0.39 is 24.8 Å². The van der Waals surface area contributed by atoms with Crippen LogP contribution in [-0.4, -0.2) is 52.5 Å². The highest BCUT2D eigenvalue weighted by Gasteiger charge is 2.41. The number of ether oxygens (including phenoxy) is 3. The Balaban J connectivity index is 1.45. The number of aromatic amines is 1. The predicted molar refractivity (Wildman–Crippen MR) is 142 cm³/mol. The topological polar surface area (TPSA) is 103 Å². The van der Waals surface area contributed by atoms with Crippen LogP contribution in [0.4, 0.5) is 13.2 Å². The van der Waals surface area contributed by atoms with Gasteiger partial charge in [-0.2, -0.15) is 13.2 Å². The molecular formula is C28H26F3N5O4. The monoisotopic (exact) mass is 553 g/mol. The molecule has 0 amide bonds. The van der Waals surface area contributed by atoms with E-state index >= 15 is 0 Å². The SMILES string of the molecule is COc1cc2c(nc1OC)c(-c1cc3c(CNC(COC(=O)C(F)(F)F)c4ccccc4)ccnc3[nH]1)cn2C. The van der Waals surface area contributed by atoms with Crippen molar-refractivity contribution < 1.29 is 32.2 Å². The minimum Gasteiger partial charge on any atom is -0.491 e. The van der Waals surface area contributed by atoms with E-state index in [1.54, 1.807) is 43.6 Å². The van der Waals surface area contributed by atoms with Gasteiger partial charge in [0.1, 0.15) is 17.8 Å². The number of nitrogens with one attached hydrogen (secondary N) is 2. The van der Waals surface area contributed by atoms with Crippen LogP contribution >= 0.6 is 0 Å². The lowest BCUT2D eigenvalue weighted by Crippen LogP contribution is -2.31. The van der Waals surface area contributed by atoms with Crippen LogP contribution in [0.15, 0.2) is 60.9 Å². The van der Waals surface area contributed by atoms with Crippen molar-refractivity contribution in [1.82, 2.24) is 24.8 Å². The van der Waals surface area contributed by atoms with Crippen molar-refractivity contribution in [3.8, 4) is 22.9 Å².